The van der Waals surface area contributed by atoms with E-state index in [4.69, 9.17) is 10.5 Å². The molecule has 3 N–H and O–H groups in total. The molecule has 158 valence electrons. The second kappa shape index (κ2) is 9.60. The lowest BCUT2D eigenvalue weighted by Crippen LogP contribution is -2.50. The second-order valence-electron chi connectivity index (χ2n) is 7.80. The number of nitrogens with two attached hydrogens (primary N) is 1. The third kappa shape index (κ3) is 5.71. The van der Waals surface area contributed by atoms with E-state index in [1.807, 2.05) is 67.6 Å². The summed E-state index contributed by atoms with van der Waals surface area (Å²) in [6, 6.07) is 19.0. The summed E-state index contributed by atoms with van der Waals surface area (Å²) in [6.45, 7) is 5.89. The first-order chi connectivity index (χ1) is 14.3. The van der Waals surface area contributed by atoms with Crippen molar-refractivity contribution in [3.05, 3.63) is 77.6 Å². The molecule has 0 spiro atoms. The Bertz CT molecular complexity index is 937. The van der Waals surface area contributed by atoms with Crippen molar-refractivity contribution >= 4 is 5.91 Å². The van der Waals surface area contributed by atoms with E-state index in [9.17, 15) is 4.79 Å². The van der Waals surface area contributed by atoms with E-state index in [2.05, 4.69) is 20.7 Å². The summed E-state index contributed by atoms with van der Waals surface area (Å²) in [6.07, 6.45) is 0. The zero-order chi connectivity index (χ0) is 21.6. The molecule has 0 fully saturated rings. The van der Waals surface area contributed by atoms with Gasteiger partial charge in [0.1, 0.15) is 6.04 Å². The molecule has 8 nitrogen and oxygen atoms in total. The summed E-state index contributed by atoms with van der Waals surface area (Å²) < 4.78 is 5.83. The molecule has 30 heavy (non-hydrogen) atoms. The summed E-state index contributed by atoms with van der Waals surface area (Å²) in [5, 5.41) is 15.7. The van der Waals surface area contributed by atoms with Crippen LogP contribution in [-0.2, 0) is 16.1 Å². The fraction of sp³-hybridized carbons (Fsp3) is 0.364. The number of aromatic nitrogens is 4. The maximum atomic E-state index is 12.5. The van der Waals surface area contributed by atoms with Crippen LogP contribution in [0.15, 0.2) is 60.7 Å². The van der Waals surface area contributed by atoms with Crippen molar-refractivity contribution in [2.24, 2.45) is 5.73 Å². The largest absolute Gasteiger partial charge is 0.374 e. The quantitative estimate of drug-likeness (QED) is 0.563. The van der Waals surface area contributed by atoms with Gasteiger partial charge in [0.2, 0.25) is 5.91 Å². The summed E-state index contributed by atoms with van der Waals surface area (Å²) >= 11 is 0. The Balaban J connectivity index is 1.74. The third-order valence-electron chi connectivity index (χ3n) is 4.67. The molecule has 0 bridgehead atoms. The smallest absolute Gasteiger partial charge is 0.240 e. The number of hydrogen-bond acceptors (Lipinski definition) is 6. The minimum atomic E-state index is -1.04. The summed E-state index contributed by atoms with van der Waals surface area (Å²) in [7, 11) is 0. The van der Waals surface area contributed by atoms with Crippen molar-refractivity contribution in [1.29, 1.82) is 0 Å². The molecule has 0 aliphatic heterocycles. The molecule has 0 aliphatic rings. The highest BCUT2D eigenvalue weighted by Gasteiger charge is 2.28. The van der Waals surface area contributed by atoms with Crippen molar-refractivity contribution < 1.29 is 9.53 Å². The maximum Gasteiger partial charge on any atom is 0.240 e. The summed E-state index contributed by atoms with van der Waals surface area (Å²) in [4.78, 5) is 14.0. The van der Waals surface area contributed by atoms with Crippen LogP contribution in [0, 0.1) is 0 Å². The van der Waals surface area contributed by atoms with Crippen LogP contribution in [0.4, 0.5) is 0 Å². The average molecular weight is 409 g/mol. The van der Waals surface area contributed by atoms with Gasteiger partial charge in [-0.25, -0.2) is 0 Å². The number of tetrazole rings is 1. The Labute approximate surface area is 176 Å². The van der Waals surface area contributed by atoms with Crippen LogP contribution in [0.3, 0.4) is 0 Å². The molecule has 0 aliphatic carbocycles. The topological polar surface area (TPSA) is 108 Å². The molecule has 1 heterocycles. The lowest BCUT2D eigenvalue weighted by atomic mass is 10.1. The number of nitrogens with zero attached hydrogens (tertiary/aromatic N) is 4. The van der Waals surface area contributed by atoms with Gasteiger partial charge >= 0.3 is 0 Å². The van der Waals surface area contributed by atoms with Gasteiger partial charge in [0.25, 0.3) is 0 Å². The van der Waals surface area contributed by atoms with Gasteiger partial charge in [-0.3, -0.25) is 4.79 Å². The van der Waals surface area contributed by atoms with Crippen LogP contribution in [0.1, 0.15) is 49.8 Å². The van der Waals surface area contributed by atoms with Crippen molar-refractivity contribution in [2.45, 2.75) is 45.0 Å². The van der Waals surface area contributed by atoms with E-state index in [0.29, 0.717) is 12.4 Å². The average Bonchev–Trinajstić information content (AvgIpc) is 3.23. The summed E-state index contributed by atoms with van der Waals surface area (Å²) in [5.74, 6) is 0.0618. The number of amides is 1. The summed E-state index contributed by atoms with van der Waals surface area (Å²) in [5.41, 5.74) is 7.00. The van der Waals surface area contributed by atoms with Crippen molar-refractivity contribution in [3.63, 3.8) is 0 Å². The molecule has 2 unspecified atom stereocenters. The molecule has 0 radical (unpaired) electrons. The fourth-order valence-corrected chi connectivity index (χ4v) is 2.80. The van der Waals surface area contributed by atoms with Crippen LogP contribution in [0.25, 0.3) is 0 Å². The van der Waals surface area contributed by atoms with Crippen LogP contribution >= 0.6 is 0 Å². The van der Waals surface area contributed by atoms with Gasteiger partial charge in [-0.2, -0.15) is 4.80 Å². The van der Waals surface area contributed by atoms with Gasteiger partial charge in [-0.05, 0) is 37.1 Å². The van der Waals surface area contributed by atoms with E-state index in [0.717, 1.165) is 11.1 Å². The zero-order valence-electron chi connectivity index (χ0n) is 17.5. The molecule has 0 saturated carbocycles. The number of nitrogens with one attached hydrogen (secondary N) is 1. The van der Waals surface area contributed by atoms with E-state index in [-0.39, 0.29) is 18.6 Å². The zero-order valence-corrected chi connectivity index (χ0v) is 17.5. The molecule has 1 aromatic heterocycles. The third-order valence-corrected chi connectivity index (χ3v) is 4.67. The number of carbonyl (C=O) groups is 1. The van der Waals surface area contributed by atoms with E-state index >= 15 is 0 Å². The standard InChI is InChI=1S/C22H28N6O2/c1-16(18-12-8-5-9-13-18)28-26-20(25-27-28)19(24-21(29)22(2,3)23)15-30-14-17-10-6-4-7-11-17/h4-13,16,19H,14-15,23H2,1-3H3,(H,24,29). The Morgan fingerprint density at radius 3 is 2.40 bits per heavy atom. The van der Waals surface area contributed by atoms with Gasteiger partial charge in [0.05, 0.1) is 24.8 Å². The number of ether oxygens (including phenoxy) is 1. The molecule has 8 heteroatoms. The first kappa shape index (κ1) is 21.6. The van der Waals surface area contributed by atoms with Crippen LogP contribution in [0.5, 0.6) is 0 Å². The Morgan fingerprint density at radius 2 is 1.77 bits per heavy atom. The molecule has 3 rings (SSSR count). The van der Waals surface area contributed by atoms with Crippen LogP contribution in [-0.4, -0.2) is 38.3 Å². The lowest BCUT2D eigenvalue weighted by Gasteiger charge is -2.22. The van der Waals surface area contributed by atoms with Gasteiger partial charge in [-0.1, -0.05) is 60.7 Å². The van der Waals surface area contributed by atoms with Gasteiger partial charge in [0.15, 0.2) is 5.82 Å². The lowest BCUT2D eigenvalue weighted by molar-refractivity contribution is -0.126. The Hall–Kier alpha value is -3.10. The molecule has 2 aromatic carbocycles. The maximum absolute atomic E-state index is 12.5. The Morgan fingerprint density at radius 1 is 1.13 bits per heavy atom. The molecule has 1 amide bonds. The highest BCUT2D eigenvalue weighted by molar-refractivity contribution is 5.85. The van der Waals surface area contributed by atoms with Gasteiger partial charge in [-0.15, -0.1) is 10.2 Å². The van der Waals surface area contributed by atoms with Crippen molar-refractivity contribution in [1.82, 2.24) is 25.5 Å². The van der Waals surface area contributed by atoms with Gasteiger partial charge < -0.3 is 15.8 Å². The number of benzene rings is 2. The highest BCUT2D eigenvalue weighted by atomic mass is 16.5. The van der Waals surface area contributed by atoms with Crippen LogP contribution < -0.4 is 11.1 Å². The molecule has 3 aromatic rings. The minimum Gasteiger partial charge on any atom is -0.374 e. The Kier molecular flexibility index (Phi) is 6.91. The monoisotopic (exact) mass is 408 g/mol. The second-order valence-corrected chi connectivity index (χ2v) is 7.80. The van der Waals surface area contributed by atoms with E-state index in [1.165, 1.54) is 4.80 Å². The van der Waals surface area contributed by atoms with Crippen molar-refractivity contribution in [2.75, 3.05) is 6.61 Å². The SMILES string of the molecule is CC(c1ccccc1)n1nnc(C(COCc2ccccc2)NC(=O)C(C)(C)N)n1. The molecule has 2 atom stereocenters. The molecular formula is C22H28N6O2. The predicted molar refractivity (Wildman–Crippen MR) is 113 cm³/mol. The first-order valence-electron chi connectivity index (χ1n) is 9.90. The number of carbonyl (C=O) groups excluding carboxylic acids is 1. The van der Waals surface area contributed by atoms with Crippen molar-refractivity contribution in [3.8, 4) is 0 Å². The van der Waals surface area contributed by atoms with Crippen LogP contribution in [0.2, 0.25) is 0 Å². The minimum absolute atomic E-state index is 0.0972. The predicted octanol–water partition coefficient (Wildman–Crippen LogP) is 2.39. The first-order valence-corrected chi connectivity index (χ1v) is 9.90. The van der Waals surface area contributed by atoms with E-state index in [1.54, 1.807) is 13.8 Å². The fourth-order valence-electron chi connectivity index (χ4n) is 2.80. The number of rotatable bonds is 9. The van der Waals surface area contributed by atoms with E-state index < -0.39 is 11.6 Å². The normalized spacial score (nSPS) is 13.6. The molecule has 0 saturated heterocycles. The highest BCUT2D eigenvalue weighted by Crippen LogP contribution is 2.17. The molecular weight excluding hydrogens is 380 g/mol. The van der Waals surface area contributed by atoms with Gasteiger partial charge in [0, 0.05) is 0 Å². The number of hydrogen-bond donors (Lipinski definition) is 2.